The van der Waals surface area contributed by atoms with Crippen LogP contribution < -0.4 is 14.8 Å². The van der Waals surface area contributed by atoms with Gasteiger partial charge in [-0.3, -0.25) is 14.9 Å². The average Bonchev–Trinajstić information content (AvgIpc) is 3.14. The number of carbonyl (C=O) groups is 1. The molecule has 0 radical (unpaired) electrons. The molecule has 1 aromatic heterocycles. The Balaban J connectivity index is 1.99. The Kier molecular flexibility index (Phi) is 7.03. The predicted octanol–water partition coefficient (Wildman–Crippen LogP) is 4.79. The molecule has 0 aliphatic rings. The molecule has 162 valence electrons. The normalized spacial score (nSPS) is 10.6. The van der Waals surface area contributed by atoms with E-state index in [0.717, 1.165) is 0 Å². The van der Waals surface area contributed by atoms with Crippen molar-refractivity contribution in [2.45, 2.75) is 17.0 Å². The van der Waals surface area contributed by atoms with E-state index in [2.05, 4.69) is 10.3 Å². The van der Waals surface area contributed by atoms with Crippen LogP contribution in [0.2, 0.25) is 5.02 Å². The lowest BCUT2D eigenvalue weighted by atomic mass is 10.1. The third-order valence-corrected chi connectivity index (χ3v) is 5.58. The third-order valence-electron chi connectivity index (χ3n) is 4.19. The quantitative estimate of drug-likeness (QED) is 0.378. The lowest BCUT2D eigenvalue weighted by Gasteiger charge is -2.14. The molecule has 0 fully saturated rings. The molecule has 3 rings (SSSR count). The van der Waals surface area contributed by atoms with Crippen LogP contribution in [0.15, 0.2) is 52.8 Å². The fourth-order valence-corrected chi connectivity index (χ4v) is 3.78. The van der Waals surface area contributed by atoms with E-state index in [9.17, 15) is 14.9 Å². The van der Waals surface area contributed by atoms with Gasteiger partial charge in [0.15, 0.2) is 16.7 Å². The Bertz CT molecular complexity index is 1130. The number of anilines is 1. The minimum atomic E-state index is -0.681. The number of rotatable bonds is 8. The molecule has 3 aromatic rings. The van der Waals surface area contributed by atoms with Crippen molar-refractivity contribution < 1.29 is 19.2 Å². The summed E-state index contributed by atoms with van der Waals surface area (Å²) in [6.45, 7) is 2.06. The Labute approximate surface area is 187 Å². The lowest BCUT2D eigenvalue weighted by molar-refractivity contribution is -0.385. The summed E-state index contributed by atoms with van der Waals surface area (Å²) < 4.78 is 12.4. The molecule has 0 saturated heterocycles. The molecule has 0 bridgehead atoms. The van der Waals surface area contributed by atoms with E-state index in [1.54, 1.807) is 37.5 Å². The number of nitrogens with one attached hydrogen (secondary N) is 1. The van der Waals surface area contributed by atoms with E-state index in [1.807, 2.05) is 11.6 Å². The van der Waals surface area contributed by atoms with E-state index in [-0.39, 0.29) is 17.1 Å². The van der Waals surface area contributed by atoms with Crippen LogP contribution in [0.1, 0.15) is 17.3 Å². The molecule has 2 aromatic carbocycles. The molecule has 1 heterocycles. The highest BCUT2D eigenvalue weighted by atomic mass is 35.5. The van der Waals surface area contributed by atoms with Crippen LogP contribution in [0, 0.1) is 10.1 Å². The van der Waals surface area contributed by atoms with E-state index in [4.69, 9.17) is 21.1 Å². The van der Waals surface area contributed by atoms with E-state index in [0.29, 0.717) is 27.4 Å². The molecule has 0 atom stereocenters. The zero-order valence-corrected chi connectivity index (χ0v) is 18.5. The molecule has 0 spiro atoms. The number of aromatic nitrogens is 2. The number of nitro groups is 1. The van der Waals surface area contributed by atoms with Crippen molar-refractivity contribution in [2.24, 2.45) is 7.05 Å². The number of hydrogen-bond acceptors (Lipinski definition) is 7. The van der Waals surface area contributed by atoms with Gasteiger partial charge in [0.05, 0.1) is 30.4 Å². The molecule has 0 aliphatic carbocycles. The highest BCUT2D eigenvalue weighted by Gasteiger charge is 2.25. The fourth-order valence-electron chi connectivity index (χ4n) is 2.74. The molecular weight excluding hydrogens is 444 g/mol. The number of amides is 1. The molecule has 1 N–H and O–H groups in total. The Morgan fingerprint density at radius 3 is 2.71 bits per heavy atom. The van der Waals surface area contributed by atoms with Gasteiger partial charge in [-0.25, -0.2) is 4.98 Å². The number of hydrogen-bond donors (Lipinski definition) is 1. The van der Waals surface area contributed by atoms with Gasteiger partial charge >= 0.3 is 0 Å². The van der Waals surface area contributed by atoms with E-state index < -0.39 is 16.5 Å². The van der Waals surface area contributed by atoms with Crippen molar-refractivity contribution in [3.05, 3.63) is 63.4 Å². The number of carbonyl (C=O) groups excluding carboxylic acids is 1. The molecular formula is C20H19ClN4O5S. The lowest BCUT2D eigenvalue weighted by Crippen LogP contribution is -2.15. The van der Waals surface area contributed by atoms with Crippen molar-refractivity contribution in [1.82, 2.24) is 9.55 Å². The summed E-state index contributed by atoms with van der Waals surface area (Å²) in [4.78, 5) is 28.9. The fraction of sp³-hybridized carbons (Fsp3) is 0.200. The molecule has 1 amide bonds. The van der Waals surface area contributed by atoms with Gasteiger partial charge < -0.3 is 19.4 Å². The average molecular weight is 463 g/mol. The van der Waals surface area contributed by atoms with Gasteiger partial charge in [0.25, 0.3) is 11.6 Å². The SMILES string of the molecule is CCOc1cc(C(=O)Nc2cc(Cl)ccc2Sc2nccn2C)c([N+](=O)[O-])cc1OC. The number of imidazole rings is 1. The predicted molar refractivity (Wildman–Crippen MR) is 118 cm³/mol. The summed E-state index contributed by atoms with van der Waals surface area (Å²) in [5.74, 6) is -0.285. The summed E-state index contributed by atoms with van der Waals surface area (Å²) in [6, 6.07) is 7.47. The monoisotopic (exact) mass is 462 g/mol. The molecule has 0 unspecified atom stereocenters. The highest BCUT2D eigenvalue weighted by molar-refractivity contribution is 7.99. The Morgan fingerprint density at radius 2 is 2.10 bits per heavy atom. The first-order valence-electron chi connectivity index (χ1n) is 9.09. The molecule has 31 heavy (non-hydrogen) atoms. The second-order valence-corrected chi connectivity index (χ2v) is 7.67. The number of nitro benzene ring substituents is 1. The zero-order valence-electron chi connectivity index (χ0n) is 16.9. The van der Waals surface area contributed by atoms with E-state index in [1.165, 1.54) is 31.0 Å². The molecule has 9 nitrogen and oxygen atoms in total. The highest BCUT2D eigenvalue weighted by Crippen LogP contribution is 2.37. The second kappa shape index (κ2) is 9.71. The van der Waals surface area contributed by atoms with Gasteiger partial charge in [-0.05, 0) is 36.9 Å². The number of ether oxygens (including phenoxy) is 2. The van der Waals surface area contributed by atoms with Crippen LogP contribution in [-0.4, -0.2) is 34.1 Å². The van der Waals surface area contributed by atoms with Crippen molar-refractivity contribution in [1.29, 1.82) is 0 Å². The van der Waals surface area contributed by atoms with Crippen molar-refractivity contribution >= 4 is 40.6 Å². The minimum absolute atomic E-state index is 0.165. The van der Waals surface area contributed by atoms with Gasteiger partial charge in [0.2, 0.25) is 0 Å². The maximum Gasteiger partial charge on any atom is 0.286 e. The van der Waals surface area contributed by atoms with Crippen LogP contribution >= 0.6 is 23.4 Å². The van der Waals surface area contributed by atoms with Gasteiger partial charge in [-0.15, -0.1) is 0 Å². The third kappa shape index (κ3) is 5.09. The van der Waals surface area contributed by atoms with Crippen LogP contribution in [0.4, 0.5) is 11.4 Å². The first-order chi connectivity index (χ1) is 14.8. The van der Waals surface area contributed by atoms with Crippen molar-refractivity contribution in [3.8, 4) is 11.5 Å². The van der Waals surface area contributed by atoms with Gasteiger partial charge in [0, 0.05) is 35.4 Å². The number of halogens is 1. The van der Waals surface area contributed by atoms with Crippen molar-refractivity contribution in [2.75, 3.05) is 19.0 Å². The maximum absolute atomic E-state index is 13.0. The number of nitrogens with zero attached hydrogens (tertiary/aromatic N) is 3. The standard InChI is InChI=1S/C20H19ClN4O5S/c1-4-30-17-10-13(15(25(27)28)11-16(17)29-3)19(26)23-14-9-12(21)5-6-18(14)31-20-22-7-8-24(20)2/h5-11H,4H2,1-3H3,(H,23,26). The summed E-state index contributed by atoms with van der Waals surface area (Å²) in [5.41, 5.74) is -0.172. The van der Waals surface area contributed by atoms with Crippen LogP contribution in [-0.2, 0) is 7.05 Å². The Hall–Kier alpha value is -3.24. The summed E-state index contributed by atoms with van der Waals surface area (Å²) in [5, 5.41) is 15.4. The van der Waals surface area contributed by atoms with Crippen LogP contribution in [0.5, 0.6) is 11.5 Å². The topological polar surface area (TPSA) is 109 Å². The first-order valence-corrected chi connectivity index (χ1v) is 10.3. The molecule has 11 heteroatoms. The number of aryl methyl sites for hydroxylation is 1. The first kappa shape index (κ1) is 22.4. The molecule has 0 aliphatic heterocycles. The number of methoxy groups -OCH3 is 1. The Morgan fingerprint density at radius 1 is 1.32 bits per heavy atom. The summed E-state index contributed by atoms with van der Waals surface area (Å²) in [6.07, 6.45) is 3.46. The zero-order chi connectivity index (χ0) is 22.5. The summed E-state index contributed by atoms with van der Waals surface area (Å²) in [7, 11) is 3.22. The largest absolute Gasteiger partial charge is 0.493 e. The van der Waals surface area contributed by atoms with E-state index >= 15 is 0 Å². The van der Waals surface area contributed by atoms with Gasteiger partial charge in [-0.1, -0.05) is 11.6 Å². The second-order valence-electron chi connectivity index (χ2n) is 6.23. The molecule has 0 saturated carbocycles. The van der Waals surface area contributed by atoms with Crippen molar-refractivity contribution in [3.63, 3.8) is 0 Å². The number of benzene rings is 2. The summed E-state index contributed by atoms with van der Waals surface area (Å²) >= 11 is 7.44. The van der Waals surface area contributed by atoms with Crippen LogP contribution in [0.3, 0.4) is 0 Å². The minimum Gasteiger partial charge on any atom is -0.493 e. The smallest absolute Gasteiger partial charge is 0.286 e. The van der Waals surface area contributed by atoms with Crippen LogP contribution in [0.25, 0.3) is 0 Å². The maximum atomic E-state index is 13.0. The van der Waals surface area contributed by atoms with Gasteiger partial charge in [0.1, 0.15) is 5.56 Å². The van der Waals surface area contributed by atoms with Gasteiger partial charge in [-0.2, -0.15) is 0 Å².